The van der Waals surface area contributed by atoms with Gasteiger partial charge in [-0.25, -0.2) is 9.78 Å². The molecule has 2 aromatic rings. The Bertz CT molecular complexity index is 630. The number of hydrogen-bond acceptors (Lipinski definition) is 2. The minimum absolute atomic E-state index is 0.281. The summed E-state index contributed by atoms with van der Waals surface area (Å²) in [6.07, 6.45) is 0. The summed E-state index contributed by atoms with van der Waals surface area (Å²) < 4.78 is 0. The van der Waals surface area contributed by atoms with Crippen molar-refractivity contribution >= 4 is 17.5 Å². The Morgan fingerprint density at radius 2 is 1.80 bits per heavy atom. The first kappa shape index (κ1) is 14.1. The van der Waals surface area contributed by atoms with Crippen molar-refractivity contribution in [2.75, 3.05) is 10.6 Å². The SMILES string of the molecule is Cc1cc(C)nc(NC(=O)Nc2cccc(C)c2C)c1. The summed E-state index contributed by atoms with van der Waals surface area (Å²) in [5, 5.41) is 5.61. The number of carbonyl (C=O) groups excluding carboxylic acids is 1. The van der Waals surface area contributed by atoms with Gasteiger partial charge in [-0.05, 0) is 62.6 Å². The number of benzene rings is 1. The molecule has 0 unspecified atom stereocenters. The number of amides is 2. The summed E-state index contributed by atoms with van der Waals surface area (Å²) >= 11 is 0. The highest BCUT2D eigenvalue weighted by Crippen LogP contribution is 2.18. The van der Waals surface area contributed by atoms with E-state index in [4.69, 9.17) is 0 Å². The monoisotopic (exact) mass is 269 g/mol. The third-order valence-electron chi connectivity index (χ3n) is 3.19. The van der Waals surface area contributed by atoms with Crippen LogP contribution in [0, 0.1) is 27.7 Å². The maximum atomic E-state index is 12.0. The van der Waals surface area contributed by atoms with Crippen LogP contribution in [0.15, 0.2) is 30.3 Å². The number of rotatable bonds is 2. The summed E-state index contributed by atoms with van der Waals surface area (Å²) in [5.74, 6) is 0.560. The summed E-state index contributed by atoms with van der Waals surface area (Å²) in [6.45, 7) is 7.88. The van der Waals surface area contributed by atoms with Crippen LogP contribution in [-0.4, -0.2) is 11.0 Å². The maximum absolute atomic E-state index is 12.0. The Hall–Kier alpha value is -2.36. The first-order valence-corrected chi connectivity index (χ1v) is 6.55. The van der Waals surface area contributed by atoms with Gasteiger partial charge in [0.2, 0.25) is 0 Å². The second kappa shape index (κ2) is 5.74. The normalized spacial score (nSPS) is 10.2. The zero-order valence-corrected chi connectivity index (χ0v) is 12.2. The molecule has 1 aromatic heterocycles. The third-order valence-corrected chi connectivity index (χ3v) is 3.19. The topological polar surface area (TPSA) is 54.0 Å². The molecule has 2 rings (SSSR count). The molecule has 0 spiro atoms. The van der Waals surface area contributed by atoms with Crippen LogP contribution in [0.1, 0.15) is 22.4 Å². The number of nitrogens with zero attached hydrogens (tertiary/aromatic N) is 1. The van der Waals surface area contributed by atoms with Gasteiger partial charge < -0.3 is 5.32 Å². The van der Waals surface area contributed by atoms with Gasteiger partial charge in [-0.3, -0.25) is 5.32 Å². The largest absolute Gasteiger partial charge is 0.324 e. The average molecular weight is 269 g/mol. The smallest absolute Gasteiger partial charge is 0.307 e. The molecule has 104 valence electrons. The minimum atomic E-state index is -0.281. The molecular weight excluding hydrogens is 250 g/mol. The van der Waals surface area contributed by atoms with Gasteiger partial charge in [0.1, 0.15) is 5.82 Å². The number of aromatic nitrogens is 1. The second-order valence-electron chi connectivity index (χ2n) is 5.00. The highest BCUT2D eigenvalue weighted by Gasteiger charge is 2.07. The summed E-state index contributed by atoms with van der Waals surface area (Å²) in [7, 11) is 0. The van der Waals surface area contributed by atoms with Crippen molar-refractivity contribution in [3.8, 4) is 0 Å². The Labute approximate surface area is 119 Å². The van der Waals surface area contributed by atoms with Crippen LogP contribution in [0.4, 0.5) is 16.3 Å². The number of nitrogens with one attached hydrogen (secondary N) is 2. The van der Waals surface area contributed by atoms with Crippen LogP contribution in [-0.2, 0) is 0 Å². The fraction of sp³-hybridized carbons (Fsp3) is 0.250. The molecule has 0 bridgehead atoms. The third kappa shape index (κ3) is 3.35. The van der Waals surface area contributed by atoms with E-state index >= 15 is 0 Å². The molecule has 0 aliphatic carbocycles. The van der Waals surface area contributed by atoms with E-state index in [1.54, 1.807) is 0 Å². The Morgan fingerprint density at radius 1 is 1.05 bits per heavy atom. The second-order valence-corrected chi connectivity index (χ2v) is 5.00. The van der Waals surface area contributed by atoms with Gasteiger partial charge in [0, 0.05) is 11.4 Å². The minimum Gasteiger partial charge on any atom is -0.307 e. The molecule has 20 heavy (non-hydrogen) atoms. The molecule has 2 amide bonds. The Kier molecular flexibility index (Phi) is 4.03. The van der Waals surface area contributed by atoms with Gasteiger partial charge in [0.15, 0.2) is 0 Å². The lowest BCUT2D eigenvalue weighted by atomic mass is 10.1. The zero-order chi connectivity index (χ0) is 14.7. The highest BCUT2D eigenvalue weighted by molar-refractivity contribution is 5.99. The Balaban J connectivity index is 2.11. The van der Waals surface area contributed by atoms with E-state index in [-0.39, 0.29) is 6.03 Å². The molecule has 0 aliphatic rings. The predicted octanol–water partition coefficient (Wildman–Crippen LogP) is 3.96. The van der Waals surface area contributed by atoms with Crippen LogP contribution in [0.2, 0.25) is 0 Å². The van der Waals surface area contributed by atoms with Crippen LogP contribution >= 0.6 is 0 Å². The van der Waals surface area contributed by atoms with E-state index in [9.17, 15) is 4.79 Å². The first-order chi connectivity index (χ1) is 9.45. The molecular formula is C16H19N3O. The summed E-state index contributed by atoms with van der Waals surface area (Å²) in [4.78, 5) is 16.3. The number of hydrogen-bond donors (Lipinski definition) is 2. The molecule has 1 aromatic carbocycles. The lowest BCUT2D eigenvalue weighted by Gasteiger charge is -2.11. The number of urea groups is 1. The number of carbonyl (C=O) groups is 1. The molecule has 0 radical (unpaired) electrons. The van der Waals surface area contributed by atoms with Crippen LogP contribution in [0.5, 0.6) is 0 Å². The highest BCUT2D eigenvalue weighted by atomic mass is 16.2. The van der Waals surface area contributed by atoms with Crippen molar-refractivity contribution in [2.45, 2.75) is 27.7 Å². The van der Waals surface area contributed by atoms with Crippen LogP contribution in [0.25, 0.3) is 0 Å². The lowest BCUT2D eigenvalue weighted by Crippen LogP contribution is -2.21. The van der Waals surface area contributed by atoms with Crippen molar-refractivity contribution < 1.29 is 4.79 Å². The quantitative estimate of drug-likeness (QED) is 0.867. The average Bonchev–Trinajstić information content (AvgIpc) is 2.33. The summed E-state index contributed by atoms with van der Waals surface area (Å²) in [6, 6.07) is 9.35. The number of aryl methyl sites for hydroxylation is 3. The number of anilines is 2. The van der Waals surface area contributed by atoms with Gasteiger partial charge in [0.25, 0.3) is 0 Å². The molecule has 0 atom stereocenters. The molecule has 1 heterocycles. The first-order valence-electron chi connectivity index (χ1n) is 6.55. The van der Waals surface area contributed by atoms with Gasteiger partial charge in [-0.2, -0.15) is 0 Å². The molecule has 4 nitrogen and oxygen atoms in total. The predicted molar refractivity (Wildman–Crippen MR) is 82.3 cm³/mol. The van der Waals surface area contributed by atoms with Crippen LogP contribution < -0.4 is 10.6 Å². The standard InChI is InChI=1S/C16H19N3O/c1-10-8-12(3)17-15(9-10)19-16(20)18-14-7-5-6-11(2)13(14)4/h5-9H,1-4H3,(H2,17,18,19,20). The van der Waals surface area contributed by atoms with E-state index in [2.05, 4.69) is 15.6 Å². The molecule has 2 N–H and O–H groups in total. The van der Waals surface area contributed by atoms with Crippen LogP contribution in [0.3, 0.4) is 0 Å². The molecule has 0 fully saturated rings. The molecule has 0 saturated heterocycles. The fourth-order valence-electron chi connectivity index (χ4n) is 2.06. The van der Waals surface area contributed by atoms with E-state index in [1.165, 1.54) is 0 Å². The molecule has 0 aliphatic heterocycles. The van der Waals surface area contributed by atoms with Gasteiger partial charge in [-0.15, -0.1) is 0 Å². The van der Waals surface area contributed by atoms with Crippen molar-refractivity contribution in [1.29, 1.82) is 0 Å². The van der Waals surface area contributed by atoms with Gasteiger partial charge >= 0.3 is 6.03 Å². The van der Waals surface area contributed by atoms with E-state index in [0.29, 0.717) is 5.82 Å². The maximum Gasteiger partial charge on any atom is 0.324 e. The van der Waals surface area contributed by atoms with E-state index < -0.39 is 0 Å². The van der Waals surface area contributed by atoms with Gasteiger partial charge in [0.05, 0.1) is 0 Å². The van der Waals surface area contributed by atoms with E-state index in [1.807, 2.05) is 58.0 Å². The van der Waals surface area contributed by atoms with Crippen molar-refractivity contribution in [3.63, 3.8) is 0 Å². The van der Waals surface area contributed by atoms with Crippen molar-refractivity contribution in [3.05, 3.63) is 52.7 Å². The fourth-order valence-corrected chi connectivity index (χ4v) is 2.06. The molecule has 4 heteroatoms. The lowest BCUT2D eigenvalue weighted by molar-refractivity contribution is 0.262. The zero-order valence-electron chi connectivity index (χ0n) is 12.2. The van der Waals surface area contributed by atoms with Crippen molar-refractivity contribution in [1.82, 2.24) is 4.98 Å². The van der Waals surface area contributed by atoms with Crippen molar-refractivity contribution in [2.24, 2.45) is 0 Å². The number of pyridine rings is 1. The van der Waals surface area contributed by atoms with E-state index in [0.717, 1.165) is 28.1 Å². The van der Waals surface area contributed by atoms with Gasteiger partial charge in [-0.1, -0.05) is 12.1 Å². The molecule has 0 saturated carbocycles. The Morgan fingerprint density at radius 3 is 2.50 bits per heavy atom. The summed E-state index contributed by atoms with van der Waals surface area (Å²) in [5.41, 5.74) is 4.97.